The molecule has 0 unspecified atom stereocenters. The Morgan fingerprint density at radius 3 is 2.38 bits per heavy atom. The third-order valence-electron chi connectivity index (χ3n) is 3.72. The first-order valence-electron chi connectivity index (χ1n) is 7.57. The Morgan fingerprint density at radius 1 is 0.923 bits per heavy atom. The largest absolute Gasteiger partial charge is 0.280 e. The molecule has 4 aromatic rings. The van der Waals surface area contributed by atoms with Crippen LogP contribution in [0.25, 0.3) is 16.9 Å². The lowest BCUT2D eigenvalue weighted by atomic mass is 10.1. The Hall–Kier alpha value is -2.53. The van der Waals surface area contributed by atoms with Crippen molar-refractivity contribution in [1.82, 2.24) is 19.8 Å². The van der Waals surface area contributed by atoms with Crippen LogP contribution in [0.15, 0.2) is 71.9 Å². The molecule has 0 saturated carbocycles. The van der Waals surface area contributed by atoms with Crippen molar-refractivity contribution >= 4 is 43.9 Å². The molecule has 0 aliphatic heterocycles. The van der Waals surface area contributed by atoms with E-state index in [4.69, 9.17) is 0 Å². The number of sulfonamides is 1. The molecule has 2 aromatic carbocycles. The van der Waals surface area contributed by atoms with Crippen LogP contribution >= 0.6 is 22.6 Å². The molecule has 0 fully saturated rings. The number of fused-ring (bicyclic) bond motifs is 1. The maximum atomic E-state index is 12.4. The van der Waals surface area contributed by atoms with Crippen molar-refractivity contribution in [1.29, 1.82) is 0 Å². The van der Waals surface area contributed by atoms with Gasteiger partial charge in [0.2, 0.25) is 0 Å². The van der Waals surface area contributed by atoms with Crippen LogP contribution in [0.2, 0.25) is 0 Å². The number of rotatable bonds is 4. The number of halogens is 1. The van der Waals surface area contributed by atoms with E-state index in [-0.39, 0.29) is 4.90 Å². The van der Waals surface area contributed by atoms with Gasteiger partial charge in [0.05, 0.1) is 10.6 Å². The SMILES string of the molecule is O=S(=O)(Nc1ccc(-c2ccc3nncn3n2)cc1)c1ccc(I)cc1. The molecule has 4 rings (SSSR count). The molecule has 26 heavy (non-hydrogen) atoms. The summed E-state index contributed by atoms with van der Waals surface area (Å²) in [6, 6.07) is 17.4. The van der Waals surface area contributed by atoms with E-state index in [1.165, 1.54) is 6.33 Å². The number of aromatic nitrogens is 4. The number of anilines is 1. The lowest BCUT2D eigenvalue weighted by molar-refractivity contribution is 0.601. The molecule has 0 spiro atoms. The smallest absolute Gasteiger partial charge is 0.261 e. The van der Waals surface area contributed by atoms with Crippen molar-refractivity contribution < 1.29 is 8.42 Å². The van der Waals surface area contributed by atoms with Crippen molar-refractivity contribution in [3.05, 3.63) is 70.6 Å². The van der Waals surface area contributed by atoms with Gasteiger partial charge in [0.15, 0.2) is 5.65 Å². The van der Waals surface area contributed by atoms with Gasteiger partial charge in [0.25, 0.3) is 10.0 Å². The predicted molar refractivity (Wildman–Crippen MR) is 106 cm³/mol. The van der Waals surface area contributed by atoms with Crippen molar-refractivity contribution in [2.75, 3.05) is 4.72 Å². The second-order valence-corrected chi connectivity index (χ2v) is 8.42. The standard InChI is InChI=1S/C17H12IN5O2S/c18-13-3-7-15(8-4-13)26(24,25)22-14-5-1-12(2-6-14)16-9-10-17-20-19-11-23(17)21-16/h1-11,22H. The summed E-state index contributed by atoms with van der Waals surface area (Å²) < 4.78 is 30.0. The summed E-state index contributed by atoms with van der Waals surface area (Å²) in [5, 5.41) is 12.1. The number of benzene rings is 2. The van der Waals surface area contributed by atoms with Crippen LogP contribution in [0.1, 0.15) is 0 Å². The monoisotopic (exact) mass is 477 g/mol. The molecule has 130 valence electrons. The van der Waals surface area contributed by atoms with E-state index in [0.29, 0.717) is 11.3 Å². The first kappa shape index (κ1) is 16.9. The fourth-order valence-electron chi connectivity index (χ4n) is 2.42. The van der Waals surface area contributed by atoms with E-state index >= 15 is 0 Å². The molecule has 9 heteroatoms. The molecule has 1 N–H and O–H groups in total. The maximum Gasteiger partial charge on any atom is 0.261 e. The zero-order valence-electron chi connectivity index (χ0n) is 13.2. The molecule has 0 bridgehead atoms. The molecule has 7 nitrogen and oxygen atoms in total. The van der Waals surface area contributed by atoms with Crippen molar-refractivity contribution in [2.45, 2.75) is 4.90 Å². The predicted octanol–water partition coefficient (Wildman–Crippen LogP) is 3.20. The van der Waals surface area contributed by atoms with E-state index in [1.54, 1.807) is 40.9 Å². The number of nitrogens with zero attached hydrogens (tertiary/aromatic N) is 4. The Morgan fingerprint density at radius 2 is 1.65 bits per heavy atom. The van der Waals surface area contributed by atoms with Gasteiger partial charge < -0.3 is 0 Å². The molecule has 0 aliphatic rings. The van der Waals surface area contributed by atoms with Crippen molar-refractivity contribution in [3.63, 3.8) is 0 Å². The van der Waals surface area contributed by atoms with E-state index in [2.05, 4.69) is 42.6 Å². The molecular formula is C17H12IN5O2S. The number of hydrogen-bond donors (Lipinski definition) is 1. The van der Waals surface area contributed by atoms with Crippen LogP contribution in [0, 0.1) is 3.57 Å². The van der Waals surface area contributed by atoms with E-state index < -0.39 is 10.0 Å². The minimum absolute atomic E-state index is 0.224. The lowest BCUT2D eigenvalue weighted by Gasteiger charge is -2.09. The molecule has 0 radical (unpaired) electrons. The van der Waals surface area contributed by atoms with E-state index in [1.807, 2.05) is 24.3 Å². The van der Waals surface area contributed by atoms with Crippen molar-refractivity contribution in [3.8, 4) is 11.3 Å². The van der Waals surface area contributed by atoms with Crippen molar-refractivity contribution in [2.24, 2.45) is 0 Å². The summed E-state index contributed by atoms with van der Waals surface area (Å²) in [6.45, 7) is 0. The maximum absolute atomic E-state index is 12.4. The second kappa shape index (κ2) is 6.65. The summed E-state index contributed by atoms with van der Waals surface area (Å²) in [6.07, 6.45) is 1.53. The summed E-state index contributed by atoms with van der Waals surface area (Å²) in [5.41, 5.74) is 2.75. The average molecular weight is 477 g/mol. The zero-order valence-corrected chi connectivity index (χ0v) is 16.2. The second-order valence-electron chi connectivity index (χ2n) is 5.49. The minimum Gasteiger partial charge on any atom is -0.280 e. The van der Waals surface area contributed by atoms with Crippen LogP contribution in [0.4, 0.5) is 5.69 Å². The van der Waals surface area contributed by atoms with Gasteiger partial charge in [-0.15, -0.1) is 10.2 Å². The van der Waals surface area contributed by atoms with Crippen LogP contribution in [0.3, 0.4) is 0 Å². The third-order valence-corrected chi connectivity index (χ3v) is 5.83. The van der Waals surface area contributed by atoms with Gasteiger partial charge in [-0.2, -0.15) is 9.61 Å². The number of hydrogen-bond acceptors (Lipinski definition) is 5. The van der Waals surface area contributed by atoms with Crippen LogP contribution in [-0.4, -0.2) is 28.2 Å². The first-order valence-corrected chi connectivity index (χ1v) is 10.1. The molecule has 2 aromatic heterocycles. The Bertz CT molecular complexity index is 1170. The normalized spacial score (nSPS) is 11.6. The summed E-state index contributed by atoms with van der Waals surface area (Å²) >= 11 is 2.13. The highest BCUT2D eigenvalue weighted by Gasteiger charge is 2.14. The highest BCUT2D eigenvalue weighted by Crippen LogP contribution is 2.22. The molecule has 0 aliphatic carbocycles. The molecular weight excluding hydrogens is 465 g/mol. The number of nitrogens with one attached hydrogen (secondary N) is 1. The Balaban J connectivity index is 1.58. The Kier molecular flexibility index (Phi) is 4.32. The topological polar surface area (TPSA) is 89.2 Å². The third kappa shape index (κ3) is 3.40. The van der Waals surface area contributed by atoms with Gasteiger partial charge in [-0.25, -0.2) is 8.42 Å². The van der Waals surface area contributed by atoms with E-state index in [0.717, 1.165) is 14.8 Å². The van der Waals surface area contributed by atoms with Crippen LogP contribution in [0.5, 0.6) is 0 Å². The Labute approximate surface area is 163 Å². The van der Waals surface area contributed by atoms with Crippen LogP contribution in [-0.2, 0) is 10.0 Å². The van der Waals surface area contributed by atoms with Gasteiger partial charge in [0.1, 0.15) is 6.33 Å². The van der Waals surface area contributed by atoms with Gasteiger partial charge in [-0.3, -0.25) is 4.72 Å². The highest BCUT2D eigenvalue weighted by molar-refractivity contribution is 14.1. The lowest BCUT2D eigenvalue weighted by Crippen LogP contribution is -2.12. The zero-order chi connectivity index (χ0) is 18.1. The summed E-state index contributed by atoms with van der Waals surface area (Å²) in [7, 11) is -3.62. The fraction of sp³-hybridized carbons (Fsp3) is 0. The molecule has 0 amide bonds. The first-order chi connectivity index (χ1) is 12.5. The molecule has 2 heterocycles. The summed E-state index contributed by atoms with van der Waals surface area (Å²) in [5.74, 6) is 0. The van der Waals surface area contributed by atoms with Gasteiger partial charge in [-0.1, -0.05) is 12.1 Å². The van der Waals surface area contributed by atoms with Gasteiger partial charge in [-0.05, 0) is 71.1 Å². The molecule has 0 saturated heterocycles. The van der Waals surface area contributed by atoms with Gasteiger partial charge in [0, 0.05) is 14.8 Å². The minimum atomic E-state index is -3.62. The summed E-state index contributed by atoms with van der Waals surface area (Å²) in [4.78, 5) is 0.224. The van der Waals surface area contributed by atoms with Crippen LogP contribution < -0.4 is 4.72 Å². The fourth-order valence-corrected chi connectivity index (χ4v) is 3.84. The van der Waals surface area contributed by atoms with Gasteiger partial charge >= 0.3 is 0 Å². The van der Waals surface area contributed by atoms with E-state index in [9.17, 15) is 8.42 Å². The highest BCUT2D eigenvalue weighted by atomic mass is 127. The average Bonchev–Trinajstić information content (AvgIpc) is 3.10. The quantitative estimate of drug-likeness (QED) is 0.456. The molecule has 0 atom stereocenters.